The molecular formula is C12H17NO3. The molecule has 0 aromatic heterocycles. The maximum Gasteiger partial charge on any atom is 0.302 e. The Bertz CT molecular complexity index is 322. The van der Waals surface area contributed by atoms with Gasteiger partial charge in [0, 0.05) is 26.1 Å². The number of esters is 1. The Kier molecular flexibility index (Phi) is 4.28. The molecule has 0 aliphatic carbocycles. The third kappa shape index (κ3) is 3.22. The van der Waals surface area contributed by atoms with Crippen molar-refractivity contribution < 1.29 is 14.3 Å². The highest BCUT2D eigenvalue weighted by Crippen LogP contribution is 2.18. The minimum absolute atomic E-state index is 0.0596. The molecule has 0 aromatic carbocycles. The first-order chi connectivity index (χ1) is 7.54. The Hall–Kier alpha value is -1.58. The van der Waals surface area contributed by atoms with Crippen molar-refractivity contribution in [1.82, 2.24) is 4.90 Å². The fourth-order valence-corrected chi connectivity index (χ4v) is 1.80. The van der Waals surface area contributed by atoms with Crippen LogP contribution in [0.5, 0.6) is 0 Å². The quantitative estimate of drug-likeness (QED) is 0.532. The standard InChI is InChI=1S/C12H17NO3/c1-4-6-13-7-5-11(15)8-12(13)9(2)16-10(3)14/h4-5,7,9,12H,1,6,8H2,2-3H3/t9-,12-/m1/s1. The van der Waals surface area contributed by atoms with E-state index in [-0.39, 0.29) is 23.9 Å². The Morgan fingerprint density at radius 1 is 1.81 bits per heavy atom. The van der Waals surface area contributed by atoms with E-state index in [1.807, 2.05) is 4.90 Å². The summed E-state index contributed by atoms with van der Waals surface area (Å²) < 4.78 is 5.11. The van der Waals surface area contributed by atoms with Crippen LogP contribution in [0.15, 0.2) is 24.9 Å². The molecule has 4 nitrogen and oxygen atoms in total. The fraction of sp³-hybridized carbons (Fsp3) is 0.500. The lowest BCUT2D eigenvalue weighted by molar-refractivity contribution is -0.149. The van der Waals surface area contributed by atoms with E-state index in [0.29, 0.717) is 13.0 Å². The van der Waals surface area contributed by atoms with Gasteiger partial charge in [0.25, 0.3) is 0 Å². The summed E-state index contributed by atoms with van der Waals surface area (Å²) in [5.74, 6) is -0.266. The average Bonchev–Trinajstić information content (AvgIpc) is 2.20. The molecule has 0 saturated heterocycles. The van der Waals surface area contributed by atoms with Gasteiger partial charge in [0.05, 0.1) is 6.04 Å². The van der Waals surface area contributed by atoms with Crippen LogP contribution in [0.2, 0.25) is 0 Å². The summed E-state index contributed by atoms with van der Waals surface area (Å²) in [6, 6.07) is -0.0978. The van der Waals surface area contributed by atoms with Crippen LogP contribution >= 0.6 is 0 Å². The monoisotopic (exact) mass is 223 g/mol. The second-order valence-corrected chi connectivity index (χ2v) is 3.85. The van der Waals surface area contributed by atoms with E-state index < -0.39 is 0 Å². The molecular weight excluding hydrogens is 206 g/mol. The molecule has 0 bridgehead atoms. The van der Waals surface area contributed by atoms with Gasteiger partial charge >= 0.3 is 5.97 Å². The van der Waals surface area contributed by atoms with Crippen molar-refractivity contribution in [2.45, 2.75) is 32.4 Å². The third-order valence-electron chi connectivity index (χ3n) is 2.52. The van der Waals surface area contributed by atoms with Crippen LogP contribution < -0.4 is 0 Å². The molecule has 0 fully saturated rings. The number of rotatable bonds is 4. The maximum absolute atomic E-state index is 11.3. The second kappa shape index (κ2) is 5.49. The van der Waals surface area contributed by atoms with Gasteiger partial charge in [-0.1, -0.05) is 6.08 Å². The van der Waals surface area contributed by atoms with E-state index >= 15 is 0 Å². The zero-order chi connectivity index (χ0) is 12.1. The number of ether oxygens (including phenoxy) is 1. The van der Waals surface area contributed by atoms with Crippen molar-refractivity contribution in [2.24, 2.45) is 0 Å². The van der Waals surface area contributed by atoms with Crippen LogP contribution in [0.1, 0.15) is 20.3 Å². The molecule has 1 heterocycles. The Morgan fingerprint density at radius 3 is 3.06 bits per heavy atom. The minimum atomic E-state index is -0.326. The first kappa shape index (κ1) is 12.5. The largest absolute Gasteiger partial charge is 0.461 e. The Morgan fingerprint density at radius 2 is 2.50 bits per heavy atom. The van der Waals surface area contributed by atoms with Gasteiger partial charge in [0.2, 0.25) is 0 Å². The predicted octanol–water partition coefficient (Wildman–Crippen LogP) is 1.28. The molecule has 0 unspecified atom stereocenters. The van der Waals surface area contributed by atoms with Crippen molar-refractivity contribution in [1.29, 1.82) is 0 Å². The van der Waals surface area contributed by atoms with Crippen molar-refractivity contribution in [3.8, 4) is 0 Å². The summed E-state index contributed by atoms with van der Waals surface area (Å²) in [4.78, 5) is 24.2. The molecule has 0 N–H and O–H groups in total. The van der Waals surface area contributed by atoms with Gasteiger partial charge in [-0.2, -0.15) is 0 Å². The highest BCUT2D eigenvalue weighted by molar-refractivity contribution is 5.90. The van der Waals surface area contributed by atoms with Crippen LogP contribution in [0.4, 0.5) is 0 Å². The van der Waals surface area contributed by atoms with E-state index in [1.54, 1.807) is 25.3 Å². The lowest BCUT2D eigenvalue weighted by atomic mass is 10.0. The first-order valence-corrected chi connectivity index (χ1v) is 5.29. The lowest BCUT2D eigenvalue weighted by Crippen LogP contribution is -2.44. The van der Waals surface area contributed by atoms with Gasteiger partial charge in [-0.05, 0) is 13.0 Å². The normalized spacial score (nSPS) is 21.8. The number of ketones is 1. The molecule has 1 rings (SSSR count). The van der Waals surface area contributed by atoms with E-state index in [9.17, 15) is 9.59 Å². The zero-order valence-corrected chi connectivity index (χ0v) is 9.68. The number of nitrogens with zero attached hydrogens (tertiary/aromatic N) is 1. The summed E-state index contributed by atoms with van der Waals surface area (Å²) in [7, 11) is 0. The Balaban J connectivity index is 2.73. The smallest absolute Gasteiger partial charge is 0.302 e. The molecule has 0 spiro atoms. The molecule has 0 aromatic rings. The van der Waals surface area contributed by atoms with E-state index in [2.05, 4.69) is 6.58 Å². The van der Waals surface area contributed by atoms with Crippen molar-refractivity contribution in [2.75, 3.05) is 6.54 Å². The average molecular weight is 223 g/mol. The lowest BCUT2D eigenvalue weighted by Gasteiger charge is -2.35. The molecule has 0 radical (unpaired) electrons. The third-order valence-corrected chi connectivity index (χ3v) is 2.52. The molecule has 88 valence electrons. The molecule has 16 heavy (non-hydrogen) atoms. The van der Waals surface area contributed by atoms with Gasteiger partial charge in [-0.3, -0.25) is 9.59 Å². The number of hydrogen-bond acceptors (Lipinski definition) is 4. The number of carbonyl (C=O) groups is 2. The van der Waals surface area contributed by atoms with E-state index in [1.165, 1.54) is 6.92 Å². The van der Waals surface area contributed by atoms with Crippen molar-refractivity contribution in [3.05, 3.63) is 24.9 Å². The second-order valence-electron chi connectivity index (χ2n) is 3.85. The topological polar surface area (TPSA) is 46.6 Å². The van der Waals surface area contributed by atoms with Gasteiger partial charge in [-0.25, -0.2) is 0 Å². The predicted molar refractivity (Wildman–Crippen MR) is 60.7 cm³/mol. The number of carbonyl (C=O) groups excluding carboxylic acids is 2. The first-order valence-electron chi connectivity index (χ1n) is 5.29. The van der Waals surface area contributed by atoms with E-state index in [0.717, 1.165) is 0 Å². The van der Waals surface area contributed by atoms with Gasteiger partial charge in [-0.15, -0.1) is 6.58 Å². The molecule has 1 aliphatic rings. The Labute approximate surface area is 95.6 Å². The van der Waals surface area contributed by atoms with Crippen molar-refractivity contribution in [3.63, 3.8) is 0 Å². The summed E-state index contributed by atoms with van der Waals surface area (Å²) in [5, 5.41) is 0. The summed E-state index contributed by atoms with van der Waals surface area (Å²) in [6.45, 7) is 7.47. The molecule has 4 heteroatoms. The number of allylic oxidation sites excluding steroid dienone is 1. The molecule has 0 saturated carbocycles. The fourth-order valence-electron chi connectivity index (χ4n) is 1.80. The summed E-state index contributed by atoms with van der Waals surface area (Å²) in [5.41, 5.74) is 0. The summed E-state index contributed by atoms with van der Waals surface area (Å²) >= 11 is 0. The molecule has 2 atom stereocenters. The SMILES string of the molecule is C=CCN1C=CC(=O)C[C@@H]1[C@@H](C)OC(C)=O. The van der Waals surface area contributed by atoms with Crippen LogP contribution in [-0.2, 0) is 14.3 Å². The van der Waals surface area contributed by atoms with Gasteiger partial charge in [0.1, 0.15) is 6.10 Å². The number of hydrogen-bond donors (Lipinski definition) is 0. The van der Waals surface area contributed by atoms with Gasteiger partial charge < -0.3 is 9.64 Å². The summed E-state index contributed by atoms with van der Waals surface area (Å²) in [6.07, 6.45) is 5.11. The van der Waals surface area contributed by atoms with Crippen LogP contribution in [0.25, 0.3) is 0 Å². The maximum atomic E-state index is 11.3. The van der Waals surface area contributed by atoms with Crippen LogP contribution in [-0.4, -0.2) is 35.3 Å². The highest BCUT2D eigenvalue weighted by Gasteiger charge is 2.28. The van der Waals surface area contributed by atoms with Crippen LogP contribution in [0.3, 0.4) is 0 Å². The van der Waals surface area contributed by atoms with Crippen molar-refractivity contribution >= 4 is 11.8 Å². The van der Waals surface area contributed by atoms with E-state index in [4.69, 9.17) is 4.74 Å². The highest BCUT2D eigenvalue weighted by atomic mass is 16.5. The van der Waals surface area contributed by atoms with Crippen LogP contribution in [0, 0.1) is 0 Å². The minimum Gasteiger partial charge on any atom is -0.461 e. The van der Waals surface area contributed by atoms with Gasteiger partial charge in [0.15, 0.2) is 5.78 Å². The molecule has 1 aliphatic heterocycles. The zero-order valence-electron chi connectivity index (χ0n) is 9.68. The molecule has 0 amide bonds.